The Bertz CT molecular complexity index is 1360. The molecule has 0 bridgehead atoms. The van der Waals surface area contributed by atoms with Crippen LogP contribution < -0.4 is 9.80 Å². The van der Waals surface area contributed by atoms with Gasteiger partial charge in [0.2, 0.25) is 11.8 Å². The number of amides is 3. The monoisotopic (exact) mass is 463 g/mol. The summed E-state index contributed by atoms with van der Waals surface area (Å²) in [5.41, 5.74) is 2.16. The Morgan fingerprint density at radius 1 is 0.800 bits per heavy atom. The molecular weight excluding hydrogens is 438 g/mol. The van der Waals surface area contributed by atoms with Crippen molar-refractivity contribution in [2.75, 3.05) is 16.3 Å². The number of carbonyl (C=O) groups is 3. The van der Waals surface area contributed by atoms with Crippen LogP contribution in [0.15, 0.2) is 84.9 Å². The first kappa shape index (κ1) is 20.6. The van der Waals surface area contributed by atoms with Gasteiger partial charge in [0.1, 0.15) is 5.54 Å². The maximum atomic E-state index is 14.6. The number of nitrogens with zero attached hydrogens (tertiary/aromatic N) is 3. The summed E-state index contributed by atoms with van der Waals surface area (Å²) >= 11 is 0. The molecule has 7 rings (SSSR count). The molecule has 6 nitrogen and oxygen atoms in total. The van der Waals surface area contributed by atoms with E-state index in [9.17, 15) is 14.4 Å². The van der Waals surface area contributed by atoms with Crippen molar-refractivity contribution in [3.63, 3.8) is 0 Å². The Morgan fingerprint density at radius 3 is 2.26 bits per heavy atom. The van der Waals surface area contributed by atoms with Crippen LogP contribution in [0.1, 0.15) is 24.0 Å². The normalized spacial score (nSPS) is 29.3. The van der Waals surface area contributed by atoms with Crippen LogP contribution in [0, 0.1) is 11.8 Å². The second kappa shape index (κ2) is 7.36. The maximum Gasteiger partial charge on any atom is 0.253 e. The highest BCUT2D eigenvalue weighted by Gasteiger charge is 2.75. The number of hydrogen-bond acceptors (Lipinski definition) is 4. The van der Waals surface area contributed by atoms with Gasteiger partial charge in [-0.1, -0.05) is 66.7 Å². The van der Waals surface area contributed by atoms with Gasteiger partial charge in [0, 0.05) is 17.3 Å². The van der Waals surface area contributed by atoms with E-state index in [-0.39, 0.29) is 23.8 Å². The van der Waals surface area contributed by atoms with Gasteiger partial charge in [-0.15, -0.1) is 0 Å². The fourth-order valence-electron chi connectivity index (χ4n) is 7.09. The third kappa shape index (κ3) is 2.55. The summed E-state index contributed by atoms with van der Waals surface area (Å²) in [6, 6.07) is 26.8. The number of carbonyl (C=O) groups excluding carboxylic acids is 3. The van der Waals surface area contributed by atoms with Crippen molar-refractivity contribution in [1.82, 2.24) is 4.90 Å². The highest BCUT2D eigenvalue weighted by molar-refractivity contribution is 6.26. The lowest BCUT2D eigenvalue weighted by molar-refractivity contribution is -0.137. The first-order valence-electron chi connectivity index (χ1n) is 12.3. The van der Waals surface area contributed by atoms with Gasteiger partial charge in [-0.3, -0.25) is 19.3 Å². The second-order valence-corrected chi connectivity index (χ2v) is 9.91. The molecule has 0 unspecified atom stereocenters. The van der Waals surface area contributed by atoms with Crippen molar-refractivity contribution >= 4 is 29.1 Å². The molecule has 0 N–H and O–H groups in total. The van der Waals surface area contributed by atoms with Crippen LogP contribution in [0.2, 0.25) is 0 Å². The van der Waals surface area contributed by atoms with E-state index in [1.54, 1.807) is 12.1 Å². The highest BCUT2D eigenvalue weighted by Crippen LogP contribution is 2.62. The first-order chi connectivity index (χ1) is 17.1. The van der Waals surface area contributed by atoms with Crippen molar-refractivity contribution < 1.29 is 14.4 Å². The van der Waals surface area contributed by atoms with Crippen molar-refractivity contribution in [2.24, 2.45) is 11.8 Å². The lowest BCUT2D eigenvalue weighted by atomic mass is 9.75. The molecule has 3 aromatic carbocycles. The topological polar surface area (TPSA) is 60.9 Å². The van der Waals surface area contributed by atoms with Gasteiger partial charge >= 0.3 is 0 Å². The van der Waals surface area contributed by atoms with Gasteiger partial charge in [-0.2, -0.15) is 0 Å². The minimum absolute atomic E-state index is 0.0852. The molecule has 0 aromatic heterocycles. The van der Waals surface area contributed by atoms with Gasteiger partial charge in [-0.25, -0.2) is 4.90 Å². The minimum atomic E-state index is -1.15. The fourth-order valence-corrected chi connectivity index (χ4v) is 7.09. The highest BCUT2D eigenvalue weighted by atomic mass is 16.2. The molecule has 4 aliphatic rings. The Morgan fingerprint density at radius 2 is 1.49 bits per heavy atom. The number of hydrogen-bond donors (Lipinski definition) is 0. The van der Waals surface area contributed by atoms with Crippen LogP contribution in [0.25, 0.3) is 0 Å². The third-order valence-corrected chi connectivity index (χ3v) is 8.34. The van der Waals surface area contributed by atoms with Crippen LogP contribution >= 0.6 is 0 Å². The predicted molar refractivity (Wildman–Crippen MR) is 131 cm³/mol. The van der Waals surface area contributed by atoms with E-state index in [1.807, 2.05) is 77.7 Å². The lowest BCUT2D eigenvalue weighted by Gasteiger charge is -2.37. The van der Waals surface area contributed by atoms with E-state index < -0.39 is 17.4 Å². The van der Waals surface area contributed by atoms with Crippen LogP contribution in [-0.2, 0) is 26.5 Å². The number of rotatable bonds is 3. The van der Waals surface area contributed by atoms with Gasteiger partial charge in [0.25, 0.3) is 5.91 Å². The summed E-state index contributed by atoms with van der Waals surface area (Å²) in [5.74, 6) is -1.76. The smallest absolute Gasteiger partial charge is 0.253 e. The zero-order valence-electron chi connectivity index (χ0n) is 19.2. The molecule has 3 amide bonds. The Balaban J connectivity index is 1.41. The Labute approximate surface area is 203 Å². The molecule has 0 aliphatic carbocycles. The zero-order chi connectivity index (χ0) is 23.7. The van der Waals surface area contributed by atoms with Crippen molar-refractivity contribution in [3.05, 3.63) is 96.1 Å². The summed E-state index contributed by atoms with van der Waals surface area (Å²) in [7, 11) is 0. The molecule has 3 saturated heterocycles. The van der Waals surface area contributed by atoms with E-state index in [2.05, 4.69) is 4.90 Å². The van der Waals surface area contributed by atoms with Crippen LogP contribution in [0.5, 0.6) is 0 Å². The van der Waals surface area contributed by atoms with Gasteiger partial charge in [0.05, 0.1) is 24.1 Å². The number of benzene rings is 3. The summed E-state index contributed by atoms with van der Waals surface area (Å²) in [6.45, 7) is 1.14. The summed E-state index contributed by atoms with van der Waals surface area (Å²) in [4.78, 5) is 47.9. The molecule has 6 heteroatoms. The van der Waals surface area contributed by atoms with Crippen LogP contribution in [0.3, 0.4) is 0 Å². The summed E-state index contributed by atoms with van der Waals surface area (Å²) in [6.07, 6.45) is 1.73. The second-order valence-electron chi connectivity index (χ2n) is 9.91. The molecule has 174 valence electrons. The summed E-state index contributed by atoms with van der Waals surface area (Å²) < 4.78 is 0. The van der Waals surface area contributed by atoms with Crippen molar-refractivity contribution in [3.8, 4) is 0 Å². The van der Waals surface area contributed by atoms with Crippen LogP contribution in [0.4, 0.5) is 11.4 Å². The molecule has 3 aromatic rings. The fraction of sp³-hybridized carbons (Fsp3) is 0.276. The van der Waals surface area contributed by atoms with E-state index in [1.165, 1.54) is 4.90 Å². The van der Waals surface area contributed by atoms with Gasteiger partial charge in [0.15, 0.2) is 0 Å². The minimum Gasteiger partial charge on any atom is -0.306 e. The quantitative estimate of drug-likeness (QED) is 0.556. The Kier molecular flexibility index (Phi) is 4.33. The number of para-hydroxylation sites is 2. The Hall–Kier alpha value is -3.77. The third-order valence-electron chi connectivity index (χ3n) is 8.34. The summed E-state index contributed by atoms with van der Waals surface area (Å²) in [5, 5.41) is 0. The number of fused-ring (bicyclic) bond motifs is 7. The molecule has 0 radical (unpaired) electrons. The molecule has 4 aliphatic heterocycles. The van der Waals surface area contributed by atoms with E-state index >= 15 is 0 Å². The van der Waals surface area contributed by atoms with E-state index in [4.69, 9.17) is 0 Å². The molecule has 4 heterocycles. The SMILES string of the molecule is O=C1[C@@H]2[C@@H]3CCCN3[C@]3(C(=O)N(Cc4ccccc4)c4ccccc43)[C@H]2C(=O)N1c1ccccc1. The van der Waals surface area contributed by atoms with Crippen molar-refractivity contribution in [2.45, 2.75) is 31.0 Å². The van der Waals surface area contributed by atoms with Gasteiger partial charge in [-0.05, 0) is 43.1 Å². The predicted octanol–water partition coefficient (Wildman–Crippen LogP) is 3.71. The molecule has 4 atom stereocenters. The largest absolute Gasteiger partial charge is 0.306 e. The average Bonchev–Trinajstić information content (AvgIpc) is 3.59. The first-order valence-corrected chi connectivity index (χ1v) is 12.3. The number of anilines is 2. The number of imide groups is 1. The molecule has 1 spiro atoms. The van der Waals surface area contributed by atoms with Crippen molar-refractivity contribution in [1.29, 1.82) is 0 Å². The van der Waals surface area contributed by atoms with Gasteiger partial charge < -0.3 is 4.90 Å². The molecule has 0 saturated carbocycles. The van der Waals surface area contributed by atoms with Crippen LogP contribution in [-0.4, -0.2) is 35.2 Å². The van der Waals surface area contributed by atoms with E-state index in [0.717, 1.165) is 29.7 Å². The average molecular weight is 464 g/mol. The maximum absolute atomic E-state index is 14.6. The van der Waals surface area contributed by atoms with E-state index in [0.29, 0.717) is 18.8 Å². The molecule has 3 fully saturated rings. The molecular formula is C29H25N3O3. The lowest BCUT2D eigenvalue weighted by Crippen LogP contribution is -2.55. The molecule has 35 heavy (non-hydrogen) atoms. The standard InChI is InChI=1S/C29H25N3O3/c33-26-24-23-16-9-17-31(23)29(25(24)27(34)32(26)20-12-5-2-6-13-20)21-14-7-8-15-22(21)30(28(29)35)18-19-10-3-1-4-11-19/h1-8,10-15,23-25H,9,16-18H2/t23-,24+,25+,29-/m0/s1. The zero-order valence-corrected chi connectivity index (χ0v) is 19.2.